The number of amides is 1. The van der Waals surface area contributed by atoms with Crippen molar-refractivity contribution in [1.82, 2.24) is 29.5 Å². The third-order valence-electron chi connectivity index (χ3n) is 7.57. The summed E-state index contributed by atoms with van der Waals surface area (Å²) in [5.74, 6) is 3.77. The summed E-state index contributed by atoms with van der Waals surface area (Å²) >= 11 is 0. The van der Waals surface area contributed by atoms with Crippen LogP contribution in [0.5, 0.6) is 0 Å². The Morgan fingerprint density at radius 3 is 0.527 bits per heavy atom. The van der Waals surface area contributed by atoms with E-state index in [0.717, 1.165) is 49.6 Å². The Balaban J connectivity index is -0.0000000173. The molecule has 1 saturated heterocycles. The smallest absolute Gasteiger partial charge is 0.219 e. The average Bonchev–Trinajstić information content (AvgIpc) is 3.66. The van der Waals surface area contributed by atoms with Crippen molar-refractivity contribution in [2.45, 2.75) is 209 Å². The minimum Gasteiger partial charge on any atom is -0.394 e. The fourth-order valence-electron chi connectivity index (χ4n) is 2.64. The first kappa shape index (κ1) is 191. The molecule has 25 nitrogen and oxygen atoms in total. The van der Waals surface area contributed by atoms with Gasteiger partial charge in [0.15, 0.2) is 0 Å². The number of hydrogen-bond acceptors (Lipinski definition) is 24. The summed E-state index contributed by atoms with van der Waals surface area (Å²) in [6.45, 7) is 67.9. The van der Waals surface area contributed by atoms with Crippen molar-refractivity contribution in [3.05, 3.63) is 71.8 Å². The summed E-state index contributed by atoms with van der Waals surface area (Å²) in [5, 5.41) is 8.06. The van der Waals surface area contributed by atoms with E-state index in [4.69, 9.17) is 57.8 Å². The Labute approximate surface area is 577 Å². The van der Waals surface area contributed by atoms with Crippen LogP contribution in [0.3, 0.4) is 0 Å². The first-order valence-electron chi connectivity index (χ1n) is 29.2. The summed E-state index contributed by atoms with van der Waals surface area (Å²) in [6.07, 6.45) is 11.0. The zero-order chi connectivity index (χ0) is 79.0. The lowest BCUT2D eigenvalue weighted by Crippen LogP contribution is -2.33. The van der Waals surface area contributed by atoms with Gasteiger partial charge in [0.25, 0.3) is 0 Å². The minimum atomic E-state index is -0.167. The molecule has 0 radical (unpaired) electrons. The van der Waals surface area contributed by atoms with Crippen molar-refractivity contribution in [2.24, 2.45) is 63.8 Å². The molecule has 1 fully saturated rings. The highest BCUT2D eigenvalue weighted by Gasteiger charge is 2.11. The van der Waals surface area contributed by atoms with E-state index in [1.165, 1.54) is 105 Å². The van der Waals surface area contributed by atoms with E-state index < -0.39 is 0 Å². The van der Waals surface area contributed by atoms with Crippen molar-refractivity contribution >= 4 is 80.6 Å². The molecule has 2 aromatic rings. The van der Waals surface area contributed by atoms with Gasteiger partial charge in [-0.3, -0.25) is 4.79 Å². The van der Waals surface area contributed by atoms with E-state index in [9.17, 15) is 4.79 Å². The van der Waals surface area contributed by atoms with Gasteiger partial charge in [-0.25, -0.2) is 0 Å². The summed E-state index contributed by atoms with van der Waals surface area (Å²) < 4.78 is 0. The van der Waals surface area contributed by atoms with E-state index in [1.54, 1.807) is 20.8 Å². The van der Waals surface area contributed by atoms with E-state index in [2.05, 4.69) is 186 Å². The van der Waals surface area contributed by atoms with Gasteiger partial charge in [-0.2, -0.15) is 0 Å². The monoisotopic (exact) mass is 1360 g/mol. The number of aliphatic hydroxyl groups excluding tert-OH is 1. The maximum atomic E-state index is 10.7. The normalized spacial score (nSPS) is 7.00. The number of aliphatic hydroxyl groups is 1. The van der Waals surface area contributed by atoms with Gasteiger partial charge < -0.3 is 127 Å². The number of rotatable bonds is 6. The Morgan fingerprint density at radius 2 is 0.462 bits per heavy atom. The van der Waals surface area contributed by atoms with Crippen LogP contribution in [0.2, 0.25) is 0 Å². The fraction of sp³-hybridized carbons (Fsp3) is 0.647. The van der Waals surface area contributed by atoms with Crippen LogP contribution in [0.4, 0.5) is 0 Å². The van der Waals surface area contributed by atoms with Gasteiger partial charge in [0, 0.05) is 26.1 Å². The standard InChI is InChI=1S/2C8H10.C7H13NO.4C5H12.C3H8O.2C2H6.7CH5N.11CH2O.4H3N/c2*1-2-8-6-4-3-5-7-8;1-7(9)8-5-3-2-4-6-8;4*1-4-5(2)3;1-3(2)4;20*1-2;;;;/h2*3-7H,2H2,1H3;2-6H2,1H3;4*5H,4H2,1-3H3;3-4H,1-2H3;2*1-2H3;7*2H2,1H3;11*1H2;4*1H3. The molecule has 0 spiro atoms. The molecule has 0 atom stereocenters. The number of aryl methyl sites for hydroxylation is 2. The lowest BCUT2D eigenvalue weighted by Gasteiger charge is -2.24. The number of carbonyl (C=O) groups is 12. The maximum Gasteiger partial charge on any atom is 0.219 e. The largest absolute Gasteiger partial charge is 0.394 e. The molecule has 3 rings (SSSR count). The summed E-state index contributed by atoms with van der Waals surface area (Å²) in [6, 6.07) is 20.9. The molecule has 1 amide bonds. The number of nitrogens with two attached hydrogens (primary N) is 7. The summed E-state index contributed by atoms with van der Waals surface area (Å²) in [7, 11) is 10.5. The molecule has 1 aliphatic rings. The quantitative estimate of drug-likeness (QED) is 0.128. The first-order chi connectivity index (χ1) is 43.0. The lowest BCUT2D eigenvalue weighted by molar-refractivity contribution is -0.129. The van der Waals surface area contributed by atoms with Crippen LogP contribution in [0.25, 0.3) is 0 Å². The zero-order valence-corrected chi connectivity index (χ0v) is 66.4. The van der Waals surface area contributed by atoms with Crippen molar-refractivity contribution < 1.29 is 62.6 Å². The van der Waals surface area contributed by atoms with Gasteiger partial charge in [0.1, 0.15) is 74.7 Å². The SMILES string of the molecule is C=O.C=O.C=O.C=O.C=O.C=O.C=O.C=O.C=O.C=O.C=O.CC.CC.CC(=O)N1CCCCC1.CC(C)O.CCC(C)C.CCC(C)C.CCC(C)C.CCC(C)C.CCc1ccccc1.CCc1ccccc1.CN.CN.CN.CN.CN.CN.CN.N.N.N.N. The van der Waals surface area contributed by atoms with E-state index in [0.29, 0.717) is 0 Å². The highest BCUT2D eigenvalue weighted by molar-refractivity contribution is 5.73. The Kier molecular flexibility index (Phi) is 726. The number of hydrogen-bond donors (Lipinski definition) is 12. The molecule has 0 bridgehead atoms. The van der Waals surface area contributed by atoms with Gasteiger partial charge in [-0.15, -0.1) is 0 Å². The minimum absolute atomic E-state index is 0. The molecule has 1 heterocycles. The molecular weight excluding hydrogens is 1190 g/mol. The molecule has 0 unspecified atom stereocenters. The van der Waals surface area contributed by atoms with Gasteiger partial charge in [0.2, 0.25) is 5.91 Å². The number of likely N-dealkylation sites (tertiary alicyclic amines) is 1. The predicted molar refractivity (Wildman–Crippen MR) is 418 cm³/mol. The van der Waals surface area contributed by atoms with Gasteiger partial charge in [-0.1, -0.05) is 211 Å². The van der Waals surface area contributed by atoms with E-state index in [1.807, 2.05) is 119 Å². The highest BCUT2D eigenvalue weighted by Crippen LogP contribution is 2.07. The molecule has 27 N–H and O–H groups in total. The Morgan fingerprint density at radius 1 is 0.344 bits per heavy atom. The summed E-state index contributed by atoms with van der Waals surface area (Å²) in [5.41, 5.74) is 34.3. The second kappa shape index (κ2) is 353. The number of carbonyl (C=O) groups excluding carboxylic acids is 12. The van der Waals surface area contributed by atoms with Crippen LogP contribution in [0, 0.1) is 23.7 Å². The summed E-state index contributed by atoms with van der Waals surface area (Å²) in [4.78, 5) is 101. The van der Waals surface area contributed by atoms with E-state index in [-0.39, 0.29) is 36.6 Å². The van der Waals surface area contributed by atoms with Crippen molar-refractivity contribution in [3.63, 3.8) is 0 Å². The average molecular weight is 1360 g/mol. The molecule has 1 aliphatic heterocycles. The van der Waals surface area contributed by atoms with Crippen LogP contribution < -0.4 is 64.7 Å². The molecule has 2 aromatic carbocycles. The van der Waals surface area contributed by atoms with Crippen molar-refractivity contribution in [3.8, 4) is 0 Å². The number of benzene rings is 2. The molecule has 0 saturated carbocycles. The van der Waals surface area contributed by atoms with Gasteiger partial charge >= 0.3 is 0 Å². The van der Waals surface area contributed by atoms with Crippen molar-refractivity contribution in [2.75, 3.05) is 62.4 Å². The number of nitrogens with zero attached hydrogens (tertiary/aromatic N) is 1. The molecular formula is C68H170N12O13. The predicted octanol–water partition coefficient (Wildman–Crippen LogP) is 11.8. The van der Waals surface area contributed by atoms with Crippen LogP contribution in [-0.4, -0.2) is 159 Å². The molecule has 25 heteroatoms. The van der Waals surface area contributed by atoms with Gasteiger partial charge in [0.05, 0.1) is 0 Å². The second-order valence-corrected chi connectivity index (χ2v) is 14.5. The molecule has 580 valence electrons. The molecule has 93 heavy (non-hydrogen) atoms. The highest BCUT2D eigenvalue weighted by atomic mass is 16.3. The van der Waals surface area contributed by atoms with Crippen molar-refractivity contribution in [1.29, 1.82) is 0 Å². The third-order valence-corrected chi connectivity index (χ3v) is 7.57. The van der Waals surface area contributed by atoms with Crippen LogP contribution in [-0.2, 0) is 70.4 Å². The lowest BCUT2D eigenvalue weighted by atomic mass is 10.1. The Hall–Kier alpha value is -6.20. The van der Waals surface area contributed by atoms with Crippen LogP contribution in [0.1, 0.15) is 201 Å². The fourth-order valence-corrected chi connectivity index (χ4v) is 2.64. The Bertz CT molecular complexity index is 980. The third kappa shape index (κ3) is 527. The van der Waals surface area contributed by atoms with E-state index >= 15 is 0 Å². The van der Waals surface area contributed by atoms with Gasteiger partial charge in [-0.05, 0) is 130 Å². The first-order valence-corrected chi connectivity index (χ1v) is 29.2. The molecule has 0 aromatic heterocycles. The second-order valence-electron chi connectivity index (χ2n) is 14.5. The van der Waals surface area contributed by atoms with Crippen LogP contribution >= 0.6 is 0 Å². The number of piperidine rings is 1. The zero-order valence-electron chi connectivity index (χ0n) is 66.4. The molecule has 0 aliphatic carbocycles. The topological polar surface area (TPSA) is 550 Å². The van der Waals surface area contributed by atoms with Crippen LogP contribution in [0.15, 0.2) is 60.7 Å². The maximum absolute atomic E-state index is 10.7.